The second-order valence-electron chi connectivity index (χ2n) is 5.53. The summed E-state index contributed by atoms with van der Waals surface area (Å²) >= 11 is 1.56. The highest BCUT2D eigenvalue weighted by Crippen LogP contribution is 2.24. The molecule has 0 unspecified atom stereocenters. The molecule has 1 atom stereocenters. The van der Waals surface area contributed by atoms with E-state index in [0.29, 0.717) is 19.4 Å². The molecule has 6 nitrogen and oxygen atoms in total. The second kappa shape index (κ2) is 6.78. The lowest BCUT2D eigenvalue weighted by atomic mass is 10.1. The molecule has 0 aliphatic carbocycles. The third kappa shape index (κ3) is 3.87. The first-order valence-electron chi connectivity index (χ1n) is 7.43. The fraction of sp³-hybridized carbons (Fsp3) is 0.312. The van der Waals surface area contributed by atoms with E-state index in [4.69, 9.17) is 0 Å². The summed E-state index contributed by atoms with van der Waals surface area (Å²) in [6.07, 6.45) is 2.91. The number of aromatic nitrogens is 1. The molecule has 1 aromatic heterocycles. The van der Waals surface area contributed by atoms with Gasteiger partial charge in [0.25, 0.3) is 0 Å². The van der Waals surface area contributed by atoms with Crippen LogP contribution in [0.3, 0.4) is 0 Å². The Balaban J connectivity index is 1.60. The van der Waals surface area contributed by atoms with Crippen LogP contribution in [-0.2, 0) is 4.79 Å². The van der Waals surface area contributed by atoms with Gasteiger partial charge < -0.3 is 15.5 Å². The molecule has 3 rings (SSSR count). The van der Waals surface area contributed by atoms with Gasteiger partial charge in [0.2, 0.25) is 5.91 Å². The number of amides is 3. The number of rotatable bonds is 3. The number of likely N-dealkylation sites (tertiary alicyclic amines) is 1. The molecule has 0 bridgehead atoms. The van der Waals surface area contributed by atoms with Crippen molar-refractivity contribution >= 4 is 29.0 Å². The maximum Gasteiger partial charge on any atom is 0.319 e. The van der Waals surface area contributed by atoms with Crippen molar-refractivity contribution in [2.45, 2.75) is 18.9 Å². The predicted molar refractivity (Wildman–Crippen MR) is 90.4 cm³/mol. The van der Waals surface area contributed by atoms with E-state index < -0.39 is 0 Å². The molecule has 1 aliphatic rings. The van der Waals surface area contributed by atoms with E-state index in [1.807, 2.05) is 29.6 Å². The zero-order valence-corrected chi connectivity index (χ0v) is 13.6. The maximum absolute atomic E-state index is 12.1. The van der Waals surface area contributed by atoms with Crippen LogP contribution in [0.15, 0.2) is 35.8 Å². The van der Waals surface area contributed by atoms with Crippen LogP contribution in [0.4, 0.5) is 10.5 Å². The summed E-state index contributed by atoms with van der Waals surface area (Å²) in [6.45, 7) is 0.547. The highest BCUT2D eigenvalue weighted by molar-refractivity contribution is 7.13. The number of thiazole rings is 1. The Hall–Kier alpha value is -2.41. The van der Waals surface area contributed by atoms with E-state index in [9.17, 15) is 9.59 Å². The van der Waals surface area contributed by atoms with Gasteiger partial charge in [-0.1, -0.05) is 12.1 Å². The molecular weight excluding hydrogens is 312 g/mol. The van der Waals surface area contributed by atoms with Crippen LogP contribution in [0, 0.1) is 0 Å². The fourth-order valence-corrected chi connectivity index (χ4v) is 3.21. The molecule has 120 valence electrons. The van der Waals surface area contributed by atoms with E-state index >= 15 is 0 Å². The van der Waals surface area contributed by atoms with Gasteiger partial charge in [0.1, 0.15) is 5.01 Å². The Kier molecular flexibility index (Phi) is 4.57. The second-order valence-corrected chi connectivity index (χ2v) is 6.42. The van der Waals surface area contributed by atoms with Crippen LogP contribution in [-0.4, -0.2) is 41.5 Å². The van der Waals surface area contributed by atoms with Crippen molar-refractivity contribution in [3.63, 3.8) is 0 Å². The first kappa shape index (κ1) is 15.5. The molecule has 0 saturated carbocycles. The molecular formula is C16H18N4O2S. The van der Waals surface area contributed by atoms with Gasteiger partial charge in [0.05, 0.1) is 0 Å². The first-order chi connectivity index (χ1) is 11.1. The van der Waals surface area contributed by atoms with Gasteiger partial charge in [-0.15, -0.1) is 11.3 Å². The normalized spacial score (nSPS) is 17.9. The number of piperidine rings is 1. The van der Waals surface area contributed by atoms with Crippen LogP contribution in [0.1, 0.15) is 12.8 Å². The lowest BCUT2D eigenvalue weighted by Gasteiger charge is -2.30. The van der Waals surface area contributed by atoms with Gasteiger partial charge in [-0.05, 0) is 18.6 Å². The third-order valence-electron chi connectivity index (χ3n) is 3.76. The van der Waals surface area contributed by atoms with E-state index in [0.717, 1.165) is 16.3 Å². The minimum atomic E-state index is -0.256. The molecule has 3 amide bonds. The van der Waals surface area contributed by atoms with Crippen molar-refractivity contribution in [3.05, 3.63) is 35.8 Å². The smallest absolute Gasteiger partial charge is 0.319 e. The van der Waals surface area contributed by atoms with E-state index in [2.05, 4.69) is 15.6 Å². The summed E-state index contributed by atoms with van der Waals surface area (Å²) in [7, 11) is 1.76. The molecule has 1 aromatic carbocycles. The summed E-state index contributed by atoms with van der Waals surface area (Å²) in [5.41, 5.74) is 1.69. The summed E-state index contributed by atoms with van der Waals surface area (Å²) in [6, 6.07) is 7.32. The van der Waals surface area contributed by atoms with Crippen molar-refractivity contribution in [3.8, 4) is 10.6 Å². The van der Waals surface area contributed by atoms with E-state index in [-0.39, 0.29) is 18.0 Å². The molecule has 2 aromatic rings. The summed E-state index contributed by atoms with van der Waals surface area (Å²) in [5.74, 6) is 0.125. The Bertz CT molecular complexity index is 702. The minimum absolute atomic E-state index is 0.0140. The Morgan fingerprint density at radius 3 is 3.04 bits per heavy atom. The van der Waals surface area contributed by atoms with Crippen molar-refractivity contribution < 1.29 is 9.59 Å². The summed E-state index contributed by atoms with van der Waals surface area (Å²) in [4.78, 5) is 29.5. The van der Waals surface area contributed by atoms with Crippen molar-refractivity contribution in [1.82, 2.24) is 15.2 Å². The first-order valence-corrected chi connectivity index (χ1v) is 8.31. The number of nitrogens with one attached hydrogen (secondary N) is 2. The minimum Gasteiger partial charge on any atom is -0.344 e. The van der Waals surface area contributed by atoms with Crippen LogP contribution in [0.2, 0.25) is 0 Å². The number of hydrogen-bond acceptors (Lipinski definition) is 4. The number of likely N-dealkylation sites (N-methyl/N-ethyl adjacent to an activating group) is 1. The Morgan fingerprint density at radius 1 is 1.43 bits per heavy atom. The summed E-state index contributed by atoms with van der Waals surface area (Å²) < 4.78 is 0. The number of nitrogens with zero attached hydrogens (tertiary/aromatic N) is 2. The molecule has 0 radical (unpaired) electrons. The van der Waals surface area contributed by atoms with Gasteiger partial charge in [-0.25, -0.2) is 9.78 Å². The molecule has 23 heavy (non-hydrogen) atoms. The quantitative estimate of drug-likeness (QED) is 0.908. The molecule has 1 aliphatic heterocycles. The molecule has 2 N–H and O–H groups in total. The van der Waals surface area contributed by atoms with E-state index in [1.165, 1.54) is 0 Å². The van der Waals surface area contributed by atoms with Crippen molar-refractivity contribution in [2.24, 2.45) is 0 Å². The van der Waals surface area contributed by atoms with Crippen LogP contribution in [0.5, 0.6) is 0 Å². The zero-order valence-electron chi connectivity index (χ0n) is 12.8. The summed E-state index contributed by atoms with van der Waals surface area (Å²) in [5, 5.41) is 8.59. The molecule has 2 heterocycles. The van der Waals surface area contributed by atoms with Crippen molar-refractivity contribution in [2.75, 3.05) is 18.9 Å². The maximum atomic E-state index is 12.1. The largest absolute Gasteiger partial charge is 0.344 e. The fourth-order valence-electron chi connectivity index (χ4n) is 2.58. The number of carbonyl (C=O) groups is 2. The van der Waals surface area contributed by atoms with Gasteiger partial charge in [0.15, 0.2) is 0 Å². The van der Waals surface area contributed by atoms with Crippen LogP contribution >= 0.6 is 11.3 Å². The predicted octanol–water partition coefficient (Wildman–Crippen LogP) is 2.55. The number of anilines is 1. The average Bonchev–Trinajstić information content (AvgIpc) is 3.05. The van der Waals surface area contributed by atoms with Gasteiger partial charge in [0, 0.05) is 48.9 Å². The van der Waals surface area contributed by atoms with Gasteiger partial charge in [-0.3, -0.25) is 4.79 Å². The zero-order chi connectivity index (χ0) is 16.2. The number of hydrogen-bond donors (Lipinski definition) is 2. The SMILES string of the molecule is CN1C[C@H](NC(=O)Nc2cccc(-c3nccs3)c2)CCC1=O. The highest BCUT2D eigenvalue weighted by atomic mass is 32.1. The van der Waals surface area contributed by atoms with Gasteiger partial charge >= 0.3 is 6.03 Å². The molecule has 1 saturated heterocycles. The number of benzene rings is 1. The average molecular weight is 330 g/mol. The van der Waals surface area contributed by atoms with Gasteiger partial charge in [-0.2, -0.15) is 0 Å². The number of carbonyl (C=O) groups excluding carboxylic acids is 2. The van der Waals surface area contributed by atoms with Crippen LogP contribution < -0.4 is 10.6 Å². The number of urea groups is 1. The van der Waals surface area contributed by atoms with Crippen molar-refractivity contribution in [1.29, 1.82) is 0 Å². The third-order valence-corrected chi connectivity index (χ3v) is 4.58. The highest BCUT2D eigenvalue weighted by Gasteiger charge is 2.23. The Labute approximate surface area is 138 Å². The Morgan fingerprint density at radius 2 is 2.30 bits per heavy atom. The lowest BCUT2D eigenvalue weighted by molar-refractivity contribution is -0.132. The van der Waals surface area contributed by atoms with E-state index in [1.54, 1.807) is 29.5 Å². The monoisotopic (exact) mass is 330 g/mol. The van der Waals surface area contributed by atoms with Crippen LogP contribution in [0.25, 0.3) is 10.6 Å². The molecule has 0 spiro atoms. The molecule has 1 fully saturated rings. The molecule has 7 heteroatoms. The topological polar surface area (TPSA) is 74.3 Å². The standard InChI is InChI=1S/C16H18N4O2S/c1-20-10-13(5-6-14(20)21)19-16(22)18-12-4-2-3-11(9-12)15-17-7-8-23-15/h2-4,7-9,13H,5-6,10H2,1H3,(H2,18,19,22)/t13-/m1/s1. The lowest BCUT2D eigenvalue weighted by Crippen LogP contribution is -2.49.